The predicted octanol–water partition coefficient (Wildman–Crippen LogP) is 6.88. The summed E-state index contributed by atoms with van der Waals surface area (Å²) in [7, 11) is -0.892. The summed E-state index contributed by atoms with van der Waals surface area (Å²) >= 11 is 0. The van der Waals surface area contributed by atoms with E-state index in [1.54, 1.807) is 0 Å². The summed E-state index contributed by atoms with van der Waals surface area (Å²) in [6.07, 6.45) is 0. The standard InChI is InChI=1S/2C18H15P.2Ni/c2*1-4-10-16(11-5-1)19(17-12-6-2-7-13-17)18-14-8-3-9-15-18;;/h2*1-15H;;. The van der Waals surface area contributed by atoms with Gasteiger partial charge in [0.05, 0.1) is 0 Å². The van der Waals surface area contributed by atoms with Crippen molar-refractivity contribution in [1.82, 2.24) is 0 Å². The second-order valence-electron chi connectivity index (χ2n) is 8.68. The Morgan fingerprint density at radius 3 is 0.450 bits per heavy atom. The van der Waals surface area contributed by atoms with Crippen molar-refractivity contribution in [3.63, 3.8) is 0 Å². The number of benzene rings is 6. The summed E-state index contributed by atoms with van der Waals surface area (Å²) in [6, 6.07) is 64.7. The molecule has 0 heterocycles. The Kier molecular flexibility index (Phi) is 13.5. The van der Waals surface area contributed by atoms with E-state index in [4.69, 9.17) is 0 Å². The van der Waals surface area contributed by atoms with Crippen LogP contribution in [0.4, 0.5) is 0 Å². The molecule has 0 saturated heterocycles. The first-order valence-electron chi connectivity index (χ1n) is 12.8. The molecule has 0 radical (unpaired) electrons. The van der Waals surface area contributed by atoms with Crippen LogP contribution in [0.1, 0.15) is 0 Å². The summed E-state index contributed by atoms with van der Waals surface area (Å²) in [6.45, 7) is 0. The summed E-state index contributed by atoms with van der Waals surface area (Å²) in [5, 5.41) is 8.39. The minimum Gasteiger partial charge on any atom is -0.0622 e. The van der Waals surface area contributed by atoms with Crippen molar-refractivity contribution >= 4 is 47.7 Å². The van der Waals surface area contributed by atoms with Crippen LogP contribution in [0.5, 0.6) is 0 Å². The fraction of sp³-hybridized carbons (Fsp3) is 0. The van der Waals surface area contributed by atoms with E-state index < -0.39 is 15.8 Å². The Morgan fingerprint density at radius 1 is 0.200 bits per heavy atom. The molecule has 0 unspecified atom stereocenters. The van der Waals surface area contributed by atoms with Gasteiger partial charge in [-0.15, -0.1) is 0 Å². The molecule has 40 heavy (non-hydrogen) atoms. The first-order chi connectivity index (χ1) is 18.9. The van der Waals surface area contributed by atoms with Crippen LogP contribution in [0.2, 0.25) is 0 Å². The van der Waals surface area contributed by atoms with Crippen molar-refractivity contribution in [3.05, 3.63) is 182 Å². The van der Waals surface area contributed by atoms with Gasteiger partial charge in [-0.25, -0.2) is 0 Å². The van der Waals surface area contributed by atoms with Crippen LogP contribution in [-0.4, -0.2) is 0 Å². The monoisotopic (exact) mass is 640 g/mol. The number of hydrogen-bond acceptors (Lipinski definition) is 0. The Bertz CT molecular complexity index is 1180. The van der Waals surface area contributed by atoms with Gasteiger partial charge >= 0.3 is 0 Å². The van der Waals surface area contributed by atoms with Crippen LogP contribution in [0.3, 0.4) is 0 Å². The number of hydrogen-bond donors (Lipinski definition) is 0. The molecule has 0 spiro atoms. The van der Waals surface area contributed by atoms with E-state index in [1.165, 1.54) is 31.8 Å². The minimum absolute atomic E-state index is 0. The molecular weight excluding hydrogens is 612 g/mol. The zero-order valence-corrected chi connectivity index (χ0v) is 25.6. The van der Waals surface area contributed by atoms with Crippen LogP contribution in [-0.2, 0) is 33.0 Å². The first-order valence-corrected chi connectivity index (χ1v) is 15.5. The van der Waals surface area contributed by atoms with E-state index >= 15 is 0 Å². The van der Waals surface area contributed by atoms with Gasteiger partial charge in [-0.2, -0.15) is 0 Å². The molecule has 0 atom stereocenters. The normalized spacial score (nSPS) is 10.1. The Morgan fingerprint density at radius 2 is 0.325 bits per heavy atom. The van der Waals surface area contributed by atoms with Crippen LogP contribution in [0.25, 0.3) is 0 Å². The van der Waals surface area contributed by atoms with E-state index in [1.807, 2.05) is 0 Å². The third kappa shape index (κ3) is 8.58. The van der Waals surface area contributed by atoms with Gasteiger partial charge in [-0.1, -0.05) is 182 Å². The van der Waals surface area contributed by atoms with Crippen molar-refractivity contribution in [2.75, 3.05) is 0 Å². The van der Waals surface area contributed by atoms with Gasteiger partial charge in [-0.3, -0.25) is 0 Å². The molecule has 0 aliphatic rings. The topological polar surface area (TPSA) is 0 Å². The van der Waals surface area contributed by atoms with Crippen LogP contribution >= 0.6 is 15.8 Å². The molecule has 0 nitrogen and oxygen atoms in total. The second kappa shape index (κ2) is 17.1. The van der Waals surface area contributed by atoms with Crippen LogP contribution in [0, 0.1) is 0 Å². The SMILES string of the molecule is [Ni].[Ni].c1ccc(P(c2ccccc2)c2ccccc2)cc1.c1ccc(P(c2ccccc2)c2ccccc2)cc1. The average molecular weight is 642 g/mol. The van der Waals surface area contributed by atoms with Gasteiger partial charge in [0, 0.05) is 33.0 Å². The fourth-order valence-electron chi connectivity index (χ4n) is 4.36. The maximum absolute atomic E-state index is 2.23. The summed E-state index contributed by atoms with van der Waals surface area (Å²) in [5.74, 6) is 0. The molecule has 204 valence electrons. The smallest absolute Gasteiger partial charge is 0 e. The van der Waals surface area contributed by atoms with Gasteiger partial charge < -0.3 is 0 Å². The molecule has 0 fully saturated rings. The Balaban J connectivity index is 0.000000210. The minimum atomic E-state index is -0.446. The largest absolute Gasteiger partial charge is 0.0622 e. The van der Waals surface area contributed by atoms with E-state index in [-0.39, 0.29) is 33.0 Å². The second-order valence-corrected chi connectivity index (χ2v) is 13.1. The molecule has 0 aromatic heterocycles. The van der Waals surface area contributed by atoms with E-state index in [0.717, 1.165) is 0 Å². The van der Waals surface area contributed by atoms with E-state index in [0.29, 0.717) is 0 Å². The molecule has 6 rings (SSSR count). The molecule has 0 saturated carbocycles. The van der Waals surface area contributed by atoms with Crippen LogP contribution < -0.4 is 31.8 Å². The Hall–Kier alpha value is -2.83. The molecule has 0 aliphatic carbocycles. The molecular formula is C36H30Ni2P2. The van der Waals surface area contributed by atoms with Gasteiger partial charge in [-0.05, 0) is 47.7 Å². The summed E-state index contributed by atoms with van der Waals surface area (Å²) < 4.78 is 0. The molecule has 0 N–H and O–H groups in total. The molecule has 0 aliphatic heterocycles. The molecule has 6 aromatic carbocycles. The maximum atomic E-state index is 2.23. The van der Waals surface area contributed by atoms with Crippen LogP contribution in [0.15, 0.2) is 182 Å². The van der Waals surface area contributed by atoms with Crippen molar-refractivity contribution in [2.24, 2.45) is 0 Å². The van der Waals surface area contributed by atoms with Crippen molar-refractivity contribution in [2.45, 2.75) is 0 Å². The van der Waals surface area contributed by atoms with E-state index in [2.05, 4.69) is 182 Å². The molecule has 0 bridgehead atoms. The van der Waals surface area contributed by atoms with Crippen molar-refractivity contribution in [3.8, 4) is 0 Å². The fourth-order valence-corrected chi connectivity index (χ4v) is 8.97. The first kappa shape index (κ1) is 31.7. The van der Waals surface area contributed by atoms with Crippen molar-refractivity contribution in [1.29, 1.82) is 0 Å². The maximum Gasteiger partial charge on any atom is 0 e. The third-order valence-electron chi connectivity index (χ3n) is 6.09. The third-order valence-corrected chi connectivity index (χ3v) is 11.0. The predicted molar refractivity (Wildman–Crippen MR) is 170 cm³/mol. The quantitative estimate of drug-likeness (QED) is 0.137. The average Bonchev–Trinajstić information content (AvgIpc) is 3.01. The molecule has 4 heteroatoms. The zero-order chi connectivity index (χ0) is 25.8. The Labute approximate surface area is 261 Å². The summed E-state index contributed by atoms with van der Waals surface area (Å²) in [5.41, 5.74) is 0. The van der Waals surface area contributed by atoms with Gasteiger partial charge in [0.1, 0.15) is 0 Å². The molecule has 0 amide bonds. The van der Waals surface area contributed by atoms with Gasteiger partial charge in [0.2, 0.25) is 0 Å². The van der Waals surface area contributed by atoms with E-state index in [9.17, 15) is 0 Å². The van der Waals surface area contributed by atoms with Gasteiger partial charge in [0.25, 0.3) is 0 Å². The zero-order valence-electron chi connectivity index (χ0n) is 21.8. The van der Waals surface area contributed by atoms with Crippen molar-refractivity contribution < 1.29 is 33.0 Å². The summed E-state index contributed by atoms with van der Waals surface area (Å²) in [4.78, 5) is 0. The number of rotatable bonds is 6. The van der Waals surface area contributed by atoms with Gasteiger partial charge in [0.15, 0.2) is 0 Å². The molecule has 6 aromatic rings.